The van der Waals surface area contributed by atoms with E-state index in [9.17, 15) is 13.2 Å². The lowest BCUT2D eigenvalue weighted by Gasteiger charge is -2.18. The van der Waals surface area contributed by atoms with E-state index >= 15 is 0 Å². The fraction of sp³-hybridized carbons (Fsp3) is 0.350. The highest BCUT2D eigenvalue weighted by molar-refractivity contribution is 7.89. The number of halogens is 1. The first-order valence-electron chi connectivity index (χ1n) is 9.36. The zero-order valence-corrected chi connectivity index (χ0v) is 18.1. The van der Waals surface area contributed by atoms with Gasteiger partial charge >= 0.3 is 6.03 Å². The maximum atomic E-state index is 12.5. The third kappa shape index (κ3) is 6.92. The molecule has 2 aromatic rings. The van der Waals surface area contributed by atoms with Crippen molar-refractivity contribution >= 4 is 27.7 Å². The van der Waals surface area contributed by atoms with Crippen molar-refractivity contribution in [2.24, 2.45) is 0 Å². The third-order valence-electron chi connectivity index (χ3n) is 4.19. The van der Waals surface area contributed by atoms with Gasteiger partial charge in [0.2, 0.25) is 10.0 Å². The lowest BCUT2D eigenvalue weighted by Crippen LogP contribution is -2.37. The van der Waals surface area contributed by atoms with Gasteiger partial charge in [0.1, 0.15) is 12.4 Å². The van der Waals surface area contributed by atoms with Crippen LogP contribution >= 0.6 is 11.6 Å². The molecule has 0 fully saturated rings. The minimum atomic E-state index is -3.48. The maximum Gasteiger partial charge on any atom is 0.315 e. The van der Waals surface area contributed by atoms with E-state index in [1.54, 1.807) is 62.4 Å². The van der Waals surface area contributed by atoms with E-state index < -0.39 is 10.0 Å². The zero-order valence-electron chi connectivity index (χ0n) is 16.5. The quantitative estimate of drug-likeness (QED) is 0.556. The van der Waals surface area contributed by atoms with Gasteiger partial charge in [-0.2, -0.15) is 4.31 Å². The first kappa shape index (κ1) is 23.0. The molecule has 0 spiro atoms. The second-order valence-electron chi connectivity index (χ2n) is 6.15. The van der Waals surface area contributed by atoms with Crippen LogP contribution < -0.4 is 15.4 Å². The molecule has 2 rings (SSSR count). The van der Waals surface area contributed by atoms with Crippen LogP contribution in [0.3, 0.4) is 0 Å². The molecular formula is C20H26ClN3O4S. The molecule has 29 heavy (non-hydrogen) atoms. The number of rotatable bonds is 10. The summed E-state index contributed by atoms with van der Waals surface area (Å²) in [6, 6.07) is 13.2. The number of hydrogen-bond donors (Lipinski definition) is 2. The number of sulfonamides is 1. The number of carbonyl (C=O) groups is 1. The van der Waals surface area contributed by atoms with Crippen molar-refractivity contribution in [1.29, 1.82) is 0 Å². The van der Waals surface area contributed by atoms with Crippen molar-refractivity contribution in [1.82, 2.24) is 14.9 Å². The summed E-state index contributed by atoms with van der Waals surface area (Å²) in [4.78, 5) is 12.1. The molecule has 9 heteroatoms. The molecule has 0 atom stereocenters. The fourth-order valence-corrected chi connectivity index (χ4v) is 4.18. The molecule has 0 saturated heterocycles. The number of amides is 2. The van der Waals surface area contributed by atoms with E-state index in [4.69, 9.17) is 16.3 Å². The van der Waals surface area contributed by atoms with E-state index in [2.05, 4.69) is 10.6 Å². The molecule has 2 N–H and O–H groups in total. The minimum absolute atomic E-state index is 0.244. The van der Waals surface area contributed by atoms with Crippen LogP contribution in [-0.4, -0.2) is 45.0 Å². The number of benzene rings is 2. The van der Waals surface area contributed by atoms with Crippen molar-refractivity contribution in [3.63, 3.8) is 0 Å². The normalized spacial score (nSPS) is 11.3. The van der Waals surface area contributed by atoms with E-state index in [1.165, 1.54) is 4.31 Å². The predicted octanol–water partition coefficient (Wildman–Crippen LogP) is 3.25. The summed E-state index contributed by atoms with van der Waals surface area (Å²) in [6.07, 6.45) is 0. The van der Waals surface area contributed by atoms with E-state index in [-0.39, 0.29) is 17.5 Å². The molecule has 2 aromatic carbocycles. The van der Waals surface area contributed by atoms with Crippen LogP contribution in [-0.2, 0) is 16.6 Å². The molecule has 0 heterocycles. The Kier molecular flexibility index (Phi) is 8.75. The Balaban J connectivity index is 1.75. The Morgan fingerprint density at radius 1 is 1.00 bits per heavy atom. The fourth-order valence-electron chi connectivity index (χ4n) is 2.60. The van der Waals surface area contributed by atoms with Crippen molar-refractivity contribution in [3.05, 3.63) is 59.1 Å². The van der Waals surface area contributed by atoms with Crippen LogP contribution in [0.15, 0.2) is 53.4 Å². The zero-order chi connectivity index (χ0) is 21.3. The minimum Gasteiger partial charge on any atom is -0.492 e. The number of nitrogens with one attached hydrogen (secondary N) is 2. The van der Waals surface area contributed by atoms with Gasteiger partial charge < -0.3 is 15.4 Å². The van der Waals surface area contributed by atoms with Gasteiger partial charge in [-0.25, -0.2) is 13.2 Å². The third-order valence-corrected chi connectivity index (χ3v) is 6.51. The van der Waals surface area contributed by atoms with Crippen LogP contribution in [0.5, 0.6) is 5.75 Å². The summed E-state index contributed by atoms with van der Waals surface area (Å²) in [5.41, 5.74) is 0.802. The average Bonchev–Trinajstić information content (AvgIpc) is 2.72. The highest BCUT2D eigenvalue weighted by atomic mass is 35.5. The molecule has 0 radical (unpaired) electrons. The van der Waals surface area contributed by atoms with Gasteiger partial charge in [-0.05, 0) is 42.0 Å². The molecule has 2 amide bonds. The predicted molar refractivity (Wildman–Crippen MR) is 114 cm³/mol. The molecular weight excluding hydrogens is 414 g/mol. The van der Waals surface area contributed by atoms with Crippen molar-refractivity contribution in [2.45, 2.75) is 25.3 Å². The van der Waals surface area contributed by atoms with Gasteiger partial charge in [0.25, 0.3) is 0 Å². The van der Waals surface area contributed by atoms with Gasteiger partial charge in [-0.3, -0.25) is 0 Å². The Labute approximate surface area is 177 Å². The molecule has 0 bridgehead atoms. The molecule has 0 aromatic heterocycles. The summed E-state index contributed by atoms with van der Waals surface area (Å²) in [7, 11) is -3.48. The number of ether oxygens (including phenoxy) is 1. The molecule has 0 saturated carbocycles. The molecule has 0 aliphatic rings. The van der Waals surface area contributed by atoms with Crippen LogP contribution in [0.2, 0.25) is 5.02 Å². The van der Waals surface area contributed by atoms with Gasteiger partial charge in [-0.1, -0.05) is 37.6 Å². The molecule has 0 aliphatic heterocycles. The molecule has 158 valence electrons. The topological polar surface area (TPSA) is 87.7 Å². The summed E-state index contributed by atoms with van der Waals surface area (Å²) >= 11 is 5.81. The first-order chi connectivity index (χ1) is 13.9. The summed E-state index contributed by atoms with van der Waals surface area (Å²) in [5.74, 6) is 0.677. The number of nitrogens with zero attached hydrogens (tertiary/aromatic N) is 1. The first-order valence-corrected chi connectivity index (χ1v) is 11.2. The highest BCUT2D eigenvalue weighted by Gasteiger charge is 2.21. The second kappa shape index (κ2) is 11.0. The summed E-state index contributed by atoms with van der Waals surface area (Å²) < 4.78 is 31.8. The highest BCUT2D eigenvalue weighted by Crippen LogP contribution is 2.16. The molecule has 0 unspecified atom stereocenters. The smallest absolute Gasteiger partial charge is 0.315 e. The van der Waals surface area contributed by atoms with Crippen LogP contribution in [0, 0.1) is 0 Å². The standard InChI is InChI=1S/C20H26ClN3O4S/c1-3-24(4-2)29(26,27)19-11-5-16(6-12-19)15-23-20(25)22-13-14-28-18-9-7-17(21)8-10-18/h5-12H,3-4,13-15H2,1-2H3,(H2,22,23,25). The summed E-state index contributed by atoms with van der Waals surface area (Å²) in [5, 5.41) is 6.06. The Morgan fingerprint density at radius 2 is 1.62 bits per heavy atom. The largest absolute Gasteiger partial charge is 0.492 e. The van der Waals surface area contributed by atoms with Gasteiger partial charge in [-0.15, -0.1) is 0 Å². The van der Waals surface area contributed by atoms with Crippen molar-refractivity contribution in [2.75, 3.05) is 26.2 Å². The van der Waals surface area contributed by atoms with Crippen molar-refractivity contribution in [3.8, 4) is 5.75 Å². The van der Waals surface area contributed by atoms with Crippen molar-refractivity contribution < 1.29 is 17.9 Å². The average molecular weight is 440 g/mol. The second-order valence-corrected chi connectivity index (χ2v) is 8.52. The lowest BCUT2D eigenvalue weighted by molar-refractivity contribution is 0.236. The number of hydrogen-bond acceptors (Lipinski definition) is 4. The molecule has 0 aliphatic carbocycles. The Morgan fingerprint density at radius 3 is 2.21 bits per heavy atom. The monoisotopic (exact) mass is 439 g/mol. The lowest BCUT2D eigenvalue weighted by atomic mass is 10.2. The van der Waals surface area contributed by atoms with E-state index in [1.807, 2.05) is 0 Å². The van der Waals surface area contributed by atoms with Gasteiger partial charge in [0.05, 0.1) is 11.4 Å². The number of urea groups is 1. The van der Waals surface area contributed by atoms with Crippen LogP contribution in [0.1, 0.15) is 19.4 Å². The van der Waals surface area contributed by atoms with Crippen LogP contribution in [0.25, 0.3) is 0 Å². The molecule has 7 nitrogen and oxygen atoms in total. The van der Waals surface area contributed by atoms with E-state index in [0.29, 0.717) is 37.0 Å². The van der Waals surface area contributed by atoms with E-state index in [0.717, 1.165) is 5.56 Å². The maximum absolute atomic E-state index is 12.5. The van der Waals surface area contributed by atoms with Crippen LogP contribution in [0.4, 0.5) is 4.79 Å². The number of carbonyl (C=O) groups excluding carboxylic acids is 1. The Hall–Kier alpha value is -2.29. The SMILES string of the molecule is CCN(CC)S(=O)(=O)c1ccc(CNC(=O)NCCOc2ccc(Cl)cc2)cc1. The van der Waals surface area contributed by atoms with Gasteiger partial charge in [0, 0.05) is 24.7 Å². The Bertz CT molecular complexity index is 883. The van der Waals surface area contributed by atoms with Gasteiger partial charge in [0.15, 0.2) is 0 Å². The summed E-state index contributed by atoms with van der Waals surface area (Å²) in [6.45, 7) is 5.41.